The van der Waals surface area contributed by atoms with Crippen molar-refractivity contribution in [1.82, 2.24) is 4.90 Å². The van der Waals surface area contributed by atoms with Crippen molar-refractivity contribution in [3.8, 4) is 0 Å². The first-order valence-electron chi connectivity index (χ1n) is 6.55. The van der Waals surface area contributed by atoms with Gasteiger partial charge in [0.25, 0.3) is 5.91 Å². The summed E-state index contributed by atoms with van der Waals surface area (Å²) in [4.78, 5) is 13.4. The molecule has 1 fully saturated rings. The highest BCUT2D eigenvalue weighted by Crippen LogP contribution is 2.26. The minimum absolute atomic E-state index is 0.365. The molecule has 1 heterocycles. The molecule has 1 amide bonds. The molecule has 1 aliphatic carbocycles. The van der Waals surface area contributed by atoms with Gasteiger partial charge in [0, 0.05) is 19.1 Å². The Hall–Kier alpha value is -0.870. The van der Waals surface area contributed by atoms with E-state index in [-0.39, 0.29) is 0 Å². The van der Waals surface area contributed by atoms with E-state index >= 15 is 0 Å². The zero-order valence-electron chi connectivity index (χ0n) is 10.3. The standard InChI is InChI=1S/C13H22N2O2/c14-12(16)13(17)8-9-15(10-13)11-6-4-2-1-3-5-7-11/h4,6,11,17H,1-3,5,7-10H2,(H2,14,16)/b6-4-. The Morgan fingerprint density at radius 1 is 1.41 bits per heavy atom. The second kappa shape index (κ2) is 5.19. The van der Waals surface area contributed by atoms with Gasteiger partial charge in [-0.3, -0.25) is 9.69 Å². The largest absolute Gasteiger partial charge is 0.379 e. The summed E-state index contributed by atoms with van der Waals surface area (Å²) in [5.41, 5.74) is 3.94. The number of rotatable bonds is 2. The minimum atomic E-state index is -1.31. The number of carbonyl (C=O) groups excluding carboxylic acids is 1. The number of nitrogens with two attached hydrogens (primary N) is 1. The van der Waals surface area contributed by atoms with E-state index in [4.69, 9.17) is 5.73 Å². The molecule has 0 radical (unpaired) electrons. The third-order valence-corrected chi connectivity index (χ3v) is 3.93. The topological polar surface area (TPSA) is 66.6 Å². The lowest BCUT2D eigenvalue weighted by atomic mass is 10.0. The van der Waals surface area contributed by atoms with Crippen molar-refractivity contribution in [2.75, 3.05) is 13.1 Å². The quantitative estimate of drug-likeness (QED) is 0.699. The molecule has 4 nitrogen and oxygen atoms in total. The lowest BCUT2D eigenvalue weighted by Gasteiger charge is -2.27. The molecular weight excluding hydrogens is 216 g/mol. The third-order valence-electron chi connectivity index (χ3n) is 3.93. The Morgan fingerprint density at radius 3 is 2.94 bits per heavy atom. The smallest absolute Gasteiger partial charge is 0.250 e. The Balaban J connectivity index is 1.99. The summed E-state index contributed by atoms with van der Waals surface area (Å²) in [5, 5.41) is 10.1. The van der Waals surface area contributed by atoms with Crippen LogP contribution in [0.25, 0.3) is 0 Å². The maximum absolute atomic E-state index is 11.2. The molecule has 1 aliphatic heterocycles. The number of β-amino-alcohol motifs (C(OH)–C–C–N with tert-alkyl or cyclic N) is 1. The van der Waals surface area contributed by atoms with Gasteiger partial charge >= 0.3 is 0 Å². The van der Waals surface area contributed by atoms with E-state index in [0.717, 1.165) is 19.4 Å². The number of allylic oxidation sites excluding steroid dienone is 1. The first-order valence-corrected chi connectivity index (χ1v) is 6.55. The van der Waals surface area contributed by atoms with Gasteiger partial charge in [0.05, 0.1) is 0 Å². The predicted octanol–water partition coefficient (Wildman–Crippen LogP) is 0.797. The van der Waals surface area contributed by atoms with Crippen LogP contribution in [-0.4, -0.2) is 40.6 Å². The normalized spacial score (nSPS) is 37.4. The molecule has 1 saturated heterocycles. The van der Waals surface area contributed by atoms with Crippen molar-refractivity contribution >= 4 is 5.91 Å². The number of hydrogen-bond acceptors (Lipinski definition) is 3. The summed E-state index contributed by atoms with van der Waals surface area (Å²) in [6, 6.07) is 0.365. The van der Waals surface area contributed by atoms with Gasteiger partial charge < -0.3 is 10.8 Å². The van der Waals surface area contributed by atoms with Gasteiger partial charge in [0.1, 0.15) is 0 Å². The van der Waals surface area contributed by atoms with Crippen LogP contribution in [0.2, 0.25) is 0 Å². The second-order valence-corrected chi connectivity index (χ2v) is 5.25. The summed E-state index contributed by atoms with van der Waals surface area (Å²) < 4.78 is 0. The summed E-state index contributed by atoms with van der Waals surface area (Å²) in [7, 11) is 0. The fourth-order valence-corrected chi connectivity index (χ4v) is 2.75. The van der Waals surface area contributed by atoms with Crippen LogP contribution in [0.5, 0.6) is 0 Å². The molecule has 2 rings (SSSR count). The SMILES string of the molecule is NC(=O)C1(O)CCN(C2/C=C\CCCCC2)C1. The maximum Gasteiger partial charge on any atom is 0.250 e. The maximum atomic E-state index is 11.2. The molecule has 0 aromatic rings. The average molecular weight is 238 g/mol. The molecule has 3 N–H and O–H groups in total. The monoisotopic (exact) mass is 238 g/mol. The highest BCUT2D eigenvalue weighted by Gasteiger charge is 2.42. The minimum Gasteiger partial charge on any atom is -0.379 e. The van der Waals surface area contributed by atoms with Crippen molar-refractivity contribution in [2.24, 2.45) is 5.73 Å². The second-order valence-electron chi connectivity index (χ2n) is 5.25. The van der Waals surface area contributed by atoms with E-state index in [0.29, 0.717) is 19.0 Å². The Bertz CT molecular complexity index is 317. The number of carbonyl (C=O) groups is 1. The van der Waals surface area contributed by atoms with Gasteiger partial charge in [0.2, 0.25) is 0 Å². The van der Waals surface area contributed by atoms with Crippen LogP contribution < -0.4 is 5.73 Å². The fraction of sp³-hybridized carbons (Fsp3) is 0.769. The van der Waals surface area contributed by atoms with Crippen LogP contribution in [0.3, 0.4) is 0 Å². The van der Waals surface area contributed by atoms with Crippen molar-refractivity contribution in [3.05, 3.63) is 12.2 Å². The Labute approximate surface area is 102 Å². The van der Waals surface area contributed by atoms with E-state index in [1.807, 2.05) is 0 Å². The zero-order chi connectivity index (χ0) is 12.3. The van der Waals surface area contributed by atoms with Gasteiger partial charge in [-0.15, -0.1) is 0 Å². The first-order chi connectivity index (χ1) is 8.12. The lowest BCUT2D eigenvalue weighted by Crippen LogP contribution is -2.47. The zero-order valence-corrected chi connectivity index (χ0v) is 10.3. The third kappa shape index (κ3) is 2.87. The number of nitrogens with zero attached hydrogens (tertiary/aromatic N) is 1. The molecule has 0 aromatic carbocycles. The highest BCUT2D eigenvalue weighted by atomic mass is 16.3. The Kier molecular flexibility index (Phi) is 3.84. The van der Waals surface area contributed by atoms with Crippen molar-refractivity contribution < 1.29 is 9.90 Å². The number of amides is 1. The molecule has 96 valence electrons. The van der Waals surface area contributed by atoms with Crippen LogP contribution >= 0.6 is 0 Å². The highest BCUT2D eigenvalue weighted by molar-refractivity contribution is 5.83. The molecular formula is C13H22N2O2. The van der Waals surface area contributed by atoms with Crippen LogP contribution in [0.1, 0.15) is 38.5 Å². The Morgan fingerprint density at radius 2 is 2.24 bits per heavy atom. The van der Waals surface area contributed by atoms with Crippen LogP contribution in [-0.2, 0) is 4.79 Å². The first kappa shape index (κ1) is 12.6. The number of primary amides is 1. The van der Waals surface area contributed by atoms with Crippen molar-refractivity contribution in [3.63, 3.8) is 0 Å². The fourth-order valence-electron chi connectivity index (χ4n) is 2.75. The van der Waals surface area contributed by atoms with Crippen molar-refractivity contribution in [2.45, 2.75) is 50.2 Å². The molecule has 0 aromatic heterocycles. The summed E-state index contributed by atoms with van der Waals surface area (Å²) in [6.07, 6.45) is 10.9. The number of aliphatic hydroxyl groups is 1. The van der Waals surface area contributed by atoms with Gasteiger partial charge in [-0.25, -0.2) is 0 Å². The van der Waals surface area contributed by atoms with Gasteiger partial charge in [0.15, 0.2) is 5.60 Å². The van der Waals surface area contributed by atoms with E-state index in [9.17, 15) is 9.90 Å². The average Bonchev–Trinajstić information content (AvgIpc) is 2.62. The van der Waals surface area contributed by atoms with Crippen LogP contribution in [0.15, 0.2) is 12.2 Å². The van der Waals surface area contributed by atoms with Gasteiger partial charge in [-0.2, -0.15) is 0 Å². The number of likely N-dealkylation sites (tertiary alicyclic amines) is 1. The van der Waals surface area contributed by atoms with E-state index in [2.05, 4.69) is 17.1 Å². The van der Waals surface area contributed by atoms with E-state index in [1.54, 1.807) is 0 Å². The van der Waals surface area contributed by atoms with E-state index in [1.165, 1.54) is 19.3 Å². The summed E-state index contributed by atoms with van der Waals surface area (Å²) in [5.74, 6) is -0.588. The molecule has 4 heteroatoms. The number of hydrogen-bond donors (Lipinski definition) is 2. The molecule has 2 aliphatic rings. The molecule has 0 spiro atoms. The molecule has 0 saturated carbocycles. The predicted molar refractivity (Wildman–Crippen MR) is 66.3 cm³/mol. The van der Waals surface area contributed by atoms with Gasteiger partial charge in [-0.05, 0) is 25.7 Å². The lowest BCUT2D eigenvalue weighted by molar-refractivity contribution is -0.135. The molecule has 2 atom stereocenters. The molecule has 0 bridgehead atoms. The molecule has 17 heavy (non-hydrogen) atoms. The summed E-state index contributed by atoms with van der Waals surface area (Å²) in [6.45, 7) is 1.14. The molecule has 2 unspecified atom stereocenters. The van der Waals surface area contributed by atoms with Gasteiger partial charge in [-0.1, -0.05) is 25.0 Å². The van der Waals surface area contributed by atoms with E-state index < -0.39 is 11.5 Å². The summed E-state index contributed by atoms with van der Waals surface area (Å²) >= 11 is 0. The van der Waals surface area contributed by atoms with Crippen molar-refractivity contribution in [1.29, 1.82) is 0 Å². The van der Waals surface area contributed by atoms with Crippen LogP contribution in [0, 0.1) is 0 Å². The van der Waals surface area contributed by atoms with Crippen LogP contribution in [0.4, 0.5) is 0 Å².